The van der Waals surface area contributed by atoms with Crippen LogP contribution in [0.4, 0.5) is 5.69 Å². The Morgan fingerprint density at radius 2 is 2.00 bits per heavy atom. The molecule has 0 fully saturated rings. The van der Waals surface area contributed by atoms with Crippen LogP contribution in [-0.2, 0) is 0 Å². The molecular formula is C13H14BrN3. The monoisotopic (exact) mass is 291 g/mol. The molecule has 0 aromatic heterocycles. The van der Waals surface area contributed by atoms with E-state index in [1.807, 2.05) is 12.1 Å². The zero-order chi connectivity index (χ0) is 12.8. The summed E-state index contributed by atoms with van der Waals surface area (Å²) in [5.74, 6) is 0. The highest BCUT2D eigenvalue weighted by Crippen LogP contribution is 2.24. The van der Waals surface area contributed by atoms with Gasteiger partial charge in [-0.2, -0.15) is 10.5 Å². The van der Waals surface area contributed by atoms with E-state index in [1.54, 1.807) is 6.07 Å². The van der Waals surface area contributed by atoms with Crippen molar-refractivity contribution in [3.8, 4) is 12.1 Å². The Morgan fingerprint density at radius 3 is 2.53 bits per heavy atom. The average molecular weight is 292 g/mol. The molecule has 0 saturated carbocycles. The molecule has 0 radical (unpaired) electrons. The molecule has 1 rings (SSSR count). The molecule has 4 heteroatoms. The normalized spacial score (nSPS) is 9.76. The number of rotatable bonds is 4. The number of nitrogens with zero attached hydrogens (tertiary/aromatic N) is 3. The van der Waals surface area contributed by atoms with E-state index < -0.39 is 0 Å². The van der Waals surface area contributed by atoms with Gasteiger partial charge in [0.2, 0.25) is 0 Å². The van der Waals surface area contributed by atoms with E-state index in [0.717, 1.165) is 10.2 Å². The number of benzene rings is 1. The Bertz CT molecular complexity index is 469. The molecule has 0 aliphatic heterocycles. The second kappa shape index (κ2) is 6.27. The molecular weight excluding hydrogens is 278 g/mol. The number of nitriles is 2. The fourth-order valence-electron chi connectivity index (χ4n) is 1.66. The van der Waals surface area contributed by atoms with Gasteiger partial charge >= 0.3 is 0 Å². The third-order valence-corrected chi connectivity index (χ3v) is 2.89. The van der Waals surface area contributed by atoms with Crippen LogP contribution in [0.3, 0.4) is 0 Å². The first-order chi connectivity index (χ1) is 8.08. The van der Waals surface area contributed by atoms with Crippen LogP contribution in [0.15, 0.2) is 22.7 Å². The van der Waals surface area contributed by atoms with Crippen LogP contribution < -0.4 is 4.90 Å². The summed E-state index contributed by atoms with van der Waals surface area (Å²) >= 11 is 3.40. The molecule has 1 aromatic carbocycles. The lowest BCUT2D eigenvalue weighted by Gasteiger charge is -2.28. The molecule has 0 aliphatic carbocycles. The van der Waals surface area contributed by atoms with Gasteiger partial charge in [-0.3, -0.25) is 0 Å². The van der Waals surface area contributed by atoms with Gasteiger partial charge in [0.25, 0.3) is 0 Å². The third-order valence-electron chi connectivity index (χ3n) is 2.43. The van der Waals surface area contributed by atoms with Gasteiger partial charge in [0.05, 0.1) is 24.1 Å². The lowest BCUT2D eigenvalue weighted by atomic mass is 10.1. The summed E-state index contributed by atoms with van der Waals surface area (Å²) in [7, 11) is 0. The summed E-state index contributed by atoms with van der Waals surface area (Å²) in [5, 5.41) is 17.6. The lowest BCUT2D eigenvalue weighted by Crippen LogP contribution is -2.31. The Hall–Kier alpha value is -1.52. The maximum atomic E-state index is 8.94. The summed E-state index contributed by atoms with van der Waals surface area (Å²) in [6, 6.07) is 10.2. The molecule has 3 nitrogen and oxygen atoms in total. The van der Waals surface area contributed by atoms with Gasteiger partial charge in [-0.05, 0) is 32.0 Å². The van der Waals surface area contributed by atoms with Crippen LogP contribution in [0.1, 0.15) is 25.8 Å². The summed E-state index contributed by atoms with van der Waals surface area (Å²) in [6.45, 7) is 4.82. The highest BCUT2D eigenvalue weighted by atomic mass is 79.9. The van der Waals surface area contributed by atoms with Crippen LogP contribution in [0.2, 0.25) is 0 Å². The zero-order valence-corrected chi connectivity index (χ0v) is 11.5. The maximum Gasteiger partial charge on any atom is 0.0992 e. The molecule has 0 spiro atoms. The van der Waals surface area contributed by atoms with Gasteiger partial charge in [-0.15, -0.1) is 0 Å². The molecule has 0 bridgehead atoms. The van der Waals surface area contributed by atoms with Crippen molar-refractivity contribution < 1.29 is 0 Å². The largest absolute Gasteiger partial charge is 0.368 e. The van der Waals surface area contributed by atoms with Gasteiger partial charge in [0.1, 0.15) is 0 Å². The molecule has 0 heterocycles. The number of hydrogen-bond donors (Lipinski definition) is 0. The number of halogens is 1. The van der Waals surface area contributed by atoms with Crippen molar-refractivity contribution in [2.24, 2.45) is 0 Å². The second-order valence-corrected chi connectivity index (χ2v) is 4.92. The standard InChI is InChI=1S/C13H14BrN3/c1-10(2)17(5-3-4-15)13-7-11(9-16)6-12(14)8-13/h6-8,10H,3,5H2,1-2H3. The van der Waals surface area contributed by atoms with E-state index >= 15 is 0 Å². The van der Waals surface area contributed by atoms with E-state index in [1.165, 1.54) is 0 Å². The molecule has 0 atom stereocenters. The highest BCUT2D eigenvalue weighted by molar-refractivity contribution is 9.10. The Balaban J connectivity index is 3.06. The fraction of sp³-hybridized carbons (Fsp3) is 0.385. The quantitative estimate of drug-likeness (QED) is 0.854. The number of hydrogen-bond acceptors (Lipinski definition) is 3. The second-order valence-electron chi connectivity index (χ2n) is 4.01. The first-order valence-electron chi connectivity index (χ1n) is 5.42. The van der Waals surface area contributed by atoms with Crippen LogP contribution in [0.25, 0.3) is 0 Å². The highest BCUT2D eigenvalue weighted by Gasteiger charge is 2.11. The van der Waals surface area contributed by atoms with Crippen LogP contribution in [-0.4, -0.2) is 12.6 Å². The van der Waals surface area contributed by atoms with Crippen molar-refractivity contribution in [1.29, 1.82) is 10.5 Å². The van der Waals surface area contributed by atoms with E-state index in [-0.39, 0.29) is 0 Å². The minimum Gasteiger partial charge on any atom is -0.368 e. The first kappa shape index (κ1) is 13.5. The van der Waals surface area contributed by atoms with Crippen LogP contribution in [0.5, 0.6) is 0 Å². The predicted molar refractivity (Wildman–Crippen MR) is 71.6 cm³/mol. The van der Waals surface area contributed by atoms with Crippen molar-refractivity contribution in [1.82, 2.24) is 0 Å². The molecule has 88 valence electrons. The fourth-order valence-corrected chi connectivity index (χ4v) is 2.14. The van der Waals surface area contributed by atoms with Gasteiger partial charge < -0.3 is 4.90 Å². The summed E-state index contributed by atoms with van der Waals surface area (Å²) in [4.78, 5) is 2.12. The first-order valence-corrected chi connectivity index (χ1v) is 6.22. The smallest absolute Gasteiger partial charge is 0.0992 e. The summed E-state index contributed by atoms with van der Waals surface area (Å²) in [5.41, 5.74) is 1.60. The van der Waals surface area contributed by atoms with Crippen molar-refractivity contribution in [3.05, 3.63) is 28.2 Å². The van der Waals surface area contributed by atoms with Gasteiger partial charge in [-0.1, -0.05) is 15.9 Å². The van der Waals surface area contributed by atoms with E-state index in [0.29, 0.717) is 24.6 Å². The SMILES string of the molecule is CC(C)N(CCC#N)c1cc(Br)cc(C#N)c1. The van der Waals surface area contributed by atoms with Crippen molar-refractivity contribution in [3.63, 3.8) is 0 Å². The molecule has 0 aliphatic rings. The average Bonchev–Trinajstić information content (AvgIpc) is 2.28. The molecule has 17 heavy (non-hydrogen) atoms. The predicted octanol–water partition coefficient (Wildman–Crippen LogP) is 3.45. The van der Waals surface area contributed by atoms with Crippen LogP contribution >= 0.6 is 15.9 Å². The molecule has 0 unspecified atom stereocenters. The van der Waals surface area contributed by atoms with E-state index in [2.05, 4.69) is 46.8 Å². The molecule has 0 N–H and O–H groups in total. The molecule has 0 amide bonds. The minimum absolute atomic E-state index is 0.296. The Labute approximate surface area is 110 Å². The van der Waals surface area contributed by atoms with E-state index in [4.69, 9.17) is 10.5 Å². The zero-order valence-electron chi connectivity index (χ0n) is 9.94. The van der Waals surface area contributed by atoms with Gasteiger partial charge in [0, 0.05) is 22.7 Å². The van der Waals surface area contributed by atoms with Crippen molar-refractivity contribution in [2.45, 2.75) is 26.3 Å². The topological polar surface area (TPSA) is 50.8 Å². The van der Waals surface area contributed by atoms with Crippen molar-refractivity contribution in [2.75, 3.05) is 11.4 Å². The lowest BCUT2D eigenvalue weighted by molar-refractivity contribution is 0.686. The summed E-state index contributed by atoms with van der Waals surface area (Å²) < 4.78 is 0.883. The Morgan fingerprint density at radius 1 is 1.29 bits per heavy atom. The molecule has 0 saturated heterocycles. The van der Waals surface area contributed by atoms with Crippen molar-refractivity contribution >= 4 is 21.6 Å². The van der Waals surface area contributed by atoms with Crippen LogP contribution in [0, 0.1) is 22.7 Å². The summed E-state index contributed by atoms with van der Waals surface area (Å²) in [6.07, 6.45) is 0.479. The minimum atomic E-state index is 0.296. The molecule has 1 aromatic rings. The Kier molecular flexibility index (Phi) is 5.00. The third kappa shape index (κ3) is 3.76. The van der Waals surface area contributed by atoms with E-state index in [9.17, 15) is 0 Å². The van der Waals surface area contributed by atoms with Gasteiger partial charge in [0.15, 0.2) is 0 Å². The van der Waals surface area contributed by atoms with Gasteiger partial charge in [-0.25, -0.2) is 0 Å². The maximum absolute atomic E-state index is 8.94. The number of anilines is 1.